The van der Waals surface area contributed by atoms with Crippen LogP contribution >= 0.6 is 11.6 Å². The van der Waals surface area contributed by atoms with Gasteiger partial charge in [0.2, 0.25) is 5.91 Å². The second-order valence-corrected chi connectivity index (χ2v) is 5.80. The SMILES string of the molecule is Cc1cccc(NC(=O)CN=Cc2cc(Cl)cc([N+](=O)[O-])c2[O-])c1C. The van der Waals surface area contributed by atoms with Gasteiger partial charge in [-0.15, -0.1) is 0 Å². The van der Waals surface area contributed by atoms with E-state index in [1.54, 1.807) is 6.07 Å². The van der Waals surface area contributed by atoms with E-state index in [-0.39, 0.29) is 23.0 Å². The molecule has 0 aliphatic carbocycles. The van der Waals surface area contributed by atoms with Crippen molar-refractivity contribution in [2.45, 2.75) is 13.8 Å². The summed E-state index contributed by atoms with van der Waals surface area (Å²) in [5.41, 5.74) is 2.01. The zero-order chi connectivity index (χ0) is 18.6. The van der Waals surface area contributed by atoms with Crippen LogP contribution in [0.2, 0.25) is 5.02 Å². The molecular weight excluding hydrogens is 346 g/mol. The van der Waals surface area contributed by atoms with E-state index in [0.717, 1.165) is 23.4 Å². The van der Waals surface area contributed by atoms with Crippen molar-refractivity contribution in [3.8, 4) is 5.75 Å². The van der Waals surface area contributed by atoms with Crippen molar-refractivity contribution in [2.75, 3.05) is 11.9 Å². The van der Waals surface area contributed by atoms with Gasteiger partial charge in [-0.3, -0.25) is 19.9 Å². The molecule has 0 unspecified atom stereocenters. The van der Waals surface area contributed by atoms with E-state index in [4.69, 9.17) is 11.6 Å². The highest BCUT2D eigenvalue weighted by Gasteiger charge is 2.11. The van der Waals surface area contributed by atoms with Crippen LogP contribution in [0.15, 0.2) is 35.3 Å². The molecule has 130 valence electrons. The van der Waals surface area contributed by atoms with Crippen molar-refractivity contribution < 1.29 is 14.8 Å². The highest BCUT2D eigenvalue weighted by molar-refractivity contribution is 6.31. The van der Waals surface area contributed by atoms with Crippen molar-refractivity contribution in [2.24, 2.45) is 4.99 Å². The van der Waals surface area contributed by atoms with Crippen LogP contribution in [0.1, 0.15) is 16.7 Å². The van der Waals surface area contributed by atoms with Crippen LogP contribution in [0.4, 0.5) is 11.4 Å². The summed E-state index contributed by atoms with van der Waals surface area (Å²) in [6.45, 7) is 3.60. The molecule has 0 aliphatic heterocycles. The van der Waals surface area contributed by atoms with Crippen LogP contribution in [-0.4, -0.2) is 23.6 Å². The minimum Gasteiger partial charge on any atom is -0.867 e. The summed E-state index contributed by atoms with van der Waals surface area (Å²) < 4.78 is 0. The van der Waals surface area contributed by atoms with E-state index in [9.17, 15) is 20.0 Å². The van der Waals surface area contributed by atoms with Crippen LogP contribution in [0.3, 0.4) is 0 Å². The normalized spacial score (nSPS) is 10.8. The number of hydrogen-bond acceptors (Lipinski definition) is 5. The molecule has 0 bridgehead atoms. The number of benzene rings is 2. The molecule has 0 atom stereocenters. The molecule has 1 amide bonds. The van der Waals surface area contributed by atoms with Crippen molar-refractivity contribution in [1.82, 2.24) is 0 Å². The van der Waals surface area contributed by atoms with Gasteiger partial charge in [-0.25, -0.2) is 0 Å². The number of hydrogen-bond donors (Lipinski definition) is 1. The Morgan fingerprint density at radius 2 is 2.08 bits per heavy atom. The summed E-state index contributed by atoms with van der Waals surface area (Å²) in [5.74, 6) is -1.16. The number of nitrogens with zero attached hydrogens (tertiary/aromatic N) is 2. The fraction of sp³-hybridized carbons (Fsp3) is 0.176. The number of nitrogens with one attached hydrogen (secondary N) is 1. The van der Waals surface area contributed by atoms with Crippen molar-refractivity contribution in [3.63, 3.8) is 0 Å². The van der Waals surface area contributed by atoms with E-state index < -0.39 is 16.4 Å². The van der Waals surface area contributed by atoms with Crippen LogP contribution in [0, 0.1) is 24.0 Å². The molecule has 0 heterocycles. The molecule has 2 aromatic rings. The number of halogens is 1. The minimum absolute atomic E-state index is 0.0428. The lowest BCUT2D eigenvalue weighted by molar-refractivity contribution is -0.398. The van der Waals surface area contributed by atoms with Gasteiger partial charge in [0, 0.05) is 23.0 Å². The Morgan fingerprint density at radius 3 is 2.76 bits per heavy atom. The molecule has 25 heavy (non-hydrogen) atoms. The molecule has 0 radical (unpaired) electrons. The number of carbonyl (C=O) groups excluding carboxylic acids is 1. The van der Waals surface area contributed by atoms with Gasteiger partial charge in [0.1, 0.15) is 6.54 Å². The molecule has 0 aromatic heterocycles. The summed E-state index contributed by atoms with van der Waals surface area (Å²) in [4.78, 5) is 25.8. The van der Waals surface area contributed by atoms with Gasteiger partial charge >= 0.3 is 0 Å². The summed E-state index contributed by atoms with van der Waals surface area (Å²) >= 11 is 5.76. The number of carbonyl (C=O) groups is 1. The average molecular weight is 361 g/mol. The zero-order valence-corrected chi connectivity index (χ0v) is 14.3. The Labute approximate surface area is 149 Å². The smallest absolute Gasteiger partial charge is 0.263 e. The standard InChI is InChI=1S/C17H16ClN3O4/c1-10-4-3-5-14(11(10)2)20-16(22)9-19-8-12-6-13(18)7-15(17(12)23)21(24)25/h3-8,23H,9H2,1-2H3,(H,20,22)/p-1. The largest absolute Gasteiger partial charge is 0.867 e. The van der Waals surface area contributed by atoms with Gasteiger partial charge in [-0.1, -0.05) is 23.7 Å². The molecule has 0 saturated carbocycles. The summed E-state index contributed by atoms with van der Waals surface area (Å²) in [6.07, 6.45) is 1.11. The average Bonchev–Trinajstić information content (AvgIpc) is 2.54. The first-order valence-corrected chi connectivity index (χ1v) is 7.68. The Balaban J connectivity index is 2.09. The lowest BCUT2D eigenvalue weighted by Gasteiger charge is -2.11. The van der Waals surface area contributed by atoms with E-state index in [2.05, 4.69) is 10.3 Å². The second kappa shape index (κ2) is 7.76. The van der Waals surface area contributed by atoms with Gasteiger partial charge in [0.25, 0.3) is 5.69 Å². The summed E-state index contributed by atoms with van der Waals surface area (Å²) in [6, 6.07) is 7.79. The maximum absolute atomic E-state index is 12.0. The molecule has 8 heteroatoms. The van der Waals surface area contributed by atoms with Crippen LogP contribution < -0.4 is 10.4 Å². The highest BCUT2D eigenvalue weighted by atomic mass is 35.5. The van der Waals surface area contributed by atoms with E-state index in [1.807, 2.05) is 26.0 Å². The van der Waals surface area contributed by atoms with Crippen molar-refractivity contribution in [3.05, 3.63) is 62.2 Å². The maximum atomic E-state index is 12.0. The number of nitro groups is 1. The summed E-state index contributed by atoms with van der Waals surface area (Å²) in [7, 11) is 0. The number of amides is 1. The third kappa shape index (κ3) is 4.54. The lowest BCUT2D eigenvalue weighted by Crippen LogP contribution is -2.16. The first kappa shape index (κ1) is 18.4. The van der Waals surface area contributed by atoms with Gasteiger partial charge in [0.15, 0.2) is 0 Å². The monoisotopic (exact) mass is 360 g/mol. The Hall–Kier alpha value is -2.93. The van der Waals surface area contributed by atoms with Gasteiger partial charge in [0.05, 0.1) is 4.92 Å². The quantitative estimate of drug-likeness (QED) is 0.502. The fourth-order valence-corrected chi connectivity index (χ4v) is 2.36. The molecule has 2 aromatic carbocycles. The lowest BCUT2D eigenvalue weighted by atomic mass is 10.1. The predicted molar refractivity (Wildman–Crippen MR) is 94.6 cm³/mol. The molecule has 0 fully saturated rings. The van der Waals surface area contributed by atoms with E-state index in [0.29, 0.717) is 5.69 Å². The number of anilines is 1. The third-order valence-corrected chi connectivity index (χ3v) is 3.82. The Bertz CT molecular complexity index is 865. The fourth-order valence-electron chi connectivity index (χ4n) is 2.13. The molecular formula is C17H15ClN3O4-. The molecule has 0 spiro atoms. The number of aryl methyl sites for hydroxylation is 1. The number of rotatable bonds is 5. The van der Waals surface area contributed by atoms with E-state index >= 15 is 0 Å². The third-order valence-electron chi connectivity index (χ3n) is 3.60. The van der Waals surface area contributed by atoms with Crippen molar-refractivity contribution >= 4 is 35.1 Å². The Morgan fingerprint density at radius 1 is 1.36 bits per heavy atom. The molecule has 0 saturated heterocycles. The molecule has 7 nitrogen and oxygen atoms in total. The second-order valence-electron chi connectivity index (χ2n) is 5.37. The minimum atomic E-state index is -0.807. The zero-order valence-electron chi connectivity index (χ0n) is 13.6. The predicted octanol–water partition coefficient (Wildman–Crippen LogP) is 3.00. The molecule has 2 rings (SSSR count). The van der Waals surface area contributed by atoms with Crippen LogP contribution in [0.25, 0.3) is 0 Å². The maximum Gasteiger partial charge on any atom is 0.263 e. The van der Waals surface area contributed by atoms with Gasteiger partial charge in [-0.05, 0) is 48.4 Å². The number of aliphatic imine (C=N–C) groups is 1. The van der Waals surface area contributed by atoms with E-state index in [1.165, 1.54) is 6.07 Å². The number of nitro benzene ring substituents is 1. The topological polar surface area (TPSA) is 108 Å². The molecule has 1 N–H and O–H groups in total. The van der Waals surface area contributed by atoms with Crippen LogP contribution in [-0.2, 0) is 4.79 Å². The first-order chi connectivity index (χ1) is 11.8. The highest BCUT2D eigenvalue weighted by Crippen LogP contribution is 2.29. The molecule has 0 aliphatic rings. The Kier molecular flexibility index (Phi) is 5.71. The van der Waals surface area contributed by atoms with Crippen LogP contribution in [0.5, 0.6) is 5.75 Å². The first-order valence-electron chi connectivity index (χ1n) is 7.30. The summed E-state index contributed by atoms with van der Waals surface area (Å²) in [5, 5.41) is 25.5. The van der Waals surface area contributed by atoms with Gasteiger partial charge in [-0.2, -0.15) is 0 Å². The van der Waals surface area contributed by atoms with Gasteiger partial charge < -0.3 is 10.4 Å². The van der Waals surface area contributed by atoms with Crippen molar-refractivity contribution in [1.29, 1.82) is 0 Å².